The van der Waals surface area contributed by atoms with Crippen molar-refractivity contribution in [3.8, 4) is 0 Å². The number of nitrogens with one attached hydrogen (secondary N) is 3. The number of carbonyl (C=O) groups is 3. The molecule has 0 spiro atoms. The van der Waals surface area contributed by atoms with Crippen molar-refractivity contribution in [1.82, 2.24) is 25.8 Å². The lowest BCUT2D eigenvalue weighted by atomic mass is 9.87. The van der Waals surface area contributed by atoms with Gasteiger partial charge in [-0.05, 0) is 50.4 Å². The number of amides is 3. The van der Waals surface area contributed by atoms with Gasteiger partial charge in [-0.1, -0.05) is 24.3 Å². The minimum atomic E-state index is -0.885. The lowest BCUT2D eigenvalue weighted by molar-refractivity contribution is -0.153. The molecule has 0 bridgehead atoms. The highest BCUT2D eigenvalue weighted by molar-refractivity contribution is 5.95. The Morgan fingerprint density at radius 2 is 1.91 bits per heavy atom. The van der Waals surface area contributed by atoms with E-state index in [4.69, 9.17) is 4.74 Å². The summed E-state index contributed by atoms with van der Waals surface area (Å²) < 4.78 is 6.08. The van der Waals surface area contributed by atoms with E-state index in [-0.39, 0.29) is 30.4 Å². The molecule has 3 N–H and O–H groups in total. The Kier molecular flexibility index (Phi) is 6.53. The largest absolute Gasteiger partial charge is 0.354 e. The highest BCUT2D eigenvalue weighted by Crippen LogP contribution is 2.44. The molecule has 2 aromatic rings. The summed E-state index contributed by atoms with van der Waals surface area (Å²) in [6.45, 7) is 2.00. The van der Waals surface area contributed by atoms with Gasteiger partial charge < -0.3 is 20.7 Å². The van der Waals surface area contributed by atoms with Gasteiger partial charge in [0.1, 0.15) is 12.1 Å². The molecule has 5 rings (SSSR count). The van der Waals surface area contributed by atoms with Crippen molar-refractivity contribution in [2.24, 2.45) is 0 Å². The number of fused-ring (bicyclic) bond motifs is 4. The molecule has 3 unspecified atom stereocenters. The molecule has 1 aliphatic carbocycles. The van der Waals surface area contributed by atoms with Crippen LogP contribution in [0.5, 0.6) is 0 Å². The fraction of sp³-hybridized carbons (Fsp3) is 0.462. The first-order valence-electron chi connectivity index (χ1n) is 12.2. The van der Waals surface area contributed by atoms with Gasteiger partial charge in [-0.3, -0.25) is 24.3 Å². The first-order chi connectivity index (χ1) is 17.0. The van der Waals surface area contributed by atoms with E-state index >= 15 is 0 Å². The normalized spacial score (nSPS) is 26.1. The van der Waals surface area contributed by atoms with Crippen LogP contribution >= 0.6 is 0 Å². The summed E-state index contributed by atoms with van der Waals surface area (Å²) in [5.74, 6) is -0.872. The zero-order chi connectivity index (χ0) is 24.5. The number of carbonyl (C=O) groups excluding carboxylic acids is 3. The van der Waals surface area contributed by atoms with Gasteiger partial charge in [-0.25, -0.2) is 0 Å². The number of hydrogen-bond acceptors (Lipinski definition) is 6. The van der Waals surface area contributed by atoms with Gasteiger partial charge in [0.2, 0.25) is 17.7 Å². The van der Waals surface area contributed by atoms with E-state index in [1.54, 1.807) is 32.4 Å². The van der Waals surface area contributed by atoms with Crippen molar-refractivity contribution < 1.29 is 19.1 Å². The topological polar surface area (TPSA) is 113 Å². The predicted octanol–water partition coefficient (Wildman–Crippen LogP) is 1.67. The van der Waals surface area contributed by atoms with Gasteiger partial charge >= 0.3 is 0 Å². The van der Waals surface area contributed by atoms with E-state index < -0.39 is 24.4 Å². The summed E-state index contributed by atoms with van der Waals surface area (Å²) in [4.78, 5) is 45.8. The van der Waals surface area contributed by atoms with Gasteiger partial charge in [0.15, 0.2) is 6.23 Å². The fourth-order valence-corrected chi connectivity index (χ4v) is 5.30. The Morgan fingerprint density at radius 1 is 1.09 bits per heavy atom. The molecule has 0 radical (unpaired) electrons. The van der Waals surface area contributed by atoms with E-state index in [1.165, 1.54) is 10.5 Å². The monoisotopic (exact) mass is 477 g/mol. The van der Waals surface area contributed by atoms with Crippen LogP contribution in [0.25, 0.3) is 0 Å². The summed E-state index contributed by atoms with van der Waals surface area (Å²) in [5.41, 5.74) is 3.78. The lowest BCUT2D eigenvalue weighted by Crippen LogP contribution is -2.53. The van der Waals surface area contributed by atoms with Crippen LogP contribution in [0.3, 0.4) is 0 Å². The number of aryl methyl sites for hydroxylation is 1. The maximum Gasteiger partial charge on any atom is 0.248 e. The smallest absolute Gasteiger partial charge is 0.248 e. The zero-order valence-electron chi connectivity index (χ0n) is 20.0. The first-order valence-corrected chi connectivity index (χ1v) is 12.2. The standard InChI is InChI=1S/C26H31N5O4/c1-15(27-2)23(32)30-21-11-13-35-26-18-10-12-28-14-19(18)22(31(26)25(21)34)24(33)29-20-9-5-7-16-6-3-4-8-17(16)20/h3-4,6,8,10,12,14-15,20-22,26-27H,5,7,9,11,13H2,1-2H3,(H,29,33)(H,30,32)/t15?,20-,21+,22?,26?/m1/s1. The van der Waals surface area contributed by atoms with Gasteiger partial charge in [-0.2, -0.15) is 0 Å². The van der Waals surface area contributed by atoms with Crippen LogP contribution in [0.2, 0.25) is 0 Å². The number of pyridine rings is 1. The van der Waals surface area contributed by atoms with Crippen molar-refractivity contribution in [3.63, 3.8) is 0 Å². The maximum atomic E-state index is 13.8. The van der Waals surface area contributed by atoms with Crippen LogP contribution in [-0.2, 0) is 25.5 Å². The molecule has 35 heavy (non-hydrogen) atoms. The van der Waals surface area contributed by atoms with Crippen molar-refractivity contribution >= 4 is 17.7 Å². The van der Waals surface area contributed by atoms with Crippen molar-refractivity contribution in [1.29, 1.82) is 0 Å². The molecule has 5 atom stereocenters. The minimum Gasteiger partial charge on any atom is -0.354 e. The third kappa shape index (κ3) is 4.30. The average Bonchev–Trinajstić information content (AvgIpc) is 3.13. The summed E-state index contributed by atoms with van der Waals surface area (Å²) in [7, 11) is 1.69. The quantitative estimate of drug-likeness (QED) is 0.604. The van der Waals surface area contributed by atoms with Crippen LogP contribution in [0, 0.1) is 0 Å². The molecule has 1 fully saturated rings. The van der Waals surface area contributed by atoms with Gasteiger partial charge in [0.25, 0.3) is 0 Å². The third-order valence-electron chi connectivity index (χ3n) is 7.29. The molecule has 1 aromatic carbocycles. The number of nitrogens with zero attached hydrogens (tertiary/aromatic N) is 2. The SMILES string of the molecule is CNC(C)C(=O)N[C@H]1CCOC2c3ccncc3C(C(=O)N[C@@H]3CCCc4ccccc43)N2C1=O. The van der Waals surface area contributed by atoms with E-state index in [1.807, 2.05) is 12.1 Å². The molecule has 9 nitrogen and oxygen atoms in total. The Labute approximate surface area is 204 Å². The summed E-state index contributed by atoms with van der Waals surface area (Å²) in [5, 5.41) is 8.92. The highest BCUT2D eigenvalue weighted by atomic mass is 16.5. The maximum absolute atomic E-state index is 13.8. The molecule has 184 valence electrons. The molecule has 3 heterocycles. The van der Waals surface area contributed by atoms with E-state index in [0.717, 1.165) is 30.4 Å². The number of likely N-dealkylation sites (N-methyl/N-ethyl adjacent to an activating group) is 1. The van der Waals surface area contributed by atoms with Gasteiger partial charge in [-0.15, -0.1) is 0 Å². The number of aromatic nitrogens is 1. The Hall–Kier alpha value is -3.30. The predicted molar refractivity (Wildman–Crippen MR) is 128 cm³/mol. The van der Waals surface area contributed by atoms with E-state index in [2.05, 4.69) is 33.1 Å². The molecule has 0 saturated carbocycles. The van der Waals surface area contributed by atoms with Crippen LogP contribution in [-0.4, -0.2) is 53.3 Å². The highest BCUT2D eigenvalue weighted by Gasteiger charge is 2.49. The average molecular weight is 478 g/mol. The van der Waals surface area contributed by atoms with Crippen LogP contribution in [0.15, 0.2) is 42.7 Å². The number of hydrogen-bond donors (Lipinski definition) is 3. The second-order valence-corrected chi connectivity index (χ2v) is 9.39. The van der Waals surface area contributed by atoms with Crippen LogP contribution in [0.1, 0.15) is 66.8 Å². The van der Waals surface area contributed by atoms with Crippen molar-refractivity contribution in [2.45, 2.75) is 63.0 Å². The summed E-state index contributed by atoms with van der Waals surface area (Å²) in [6, 6.07) is 7.72. The van der Waals surface area contributed by atoms with Crippen LogP contribution < -0.4 is 16.0 Å². The molecule has 1 aromatic heterocycles. The molecular formula is C26H31N5O4. The number of benzene rings is 1. The first kappa shape index (κ1) is 23.4. The molecular weight excluding hydrogens is 446 g/mol. The molecule has 9 heteroatoms. The lowest BCUT2D eigenvalue weighted by Gasteiger charge is -2.32. The summed E-state index contributed by atoms with van der Waals surface area (Å²) >= 11 is 0. The fourth-order valence-electron chi connectivity index (χ4n) is 5.30. The van der Waals surface area contributed by atoms with Crippen molar-refractivity contribution in [2.75, 3.05) is 13.7 Å². The van der Waals surface area contributed by atoms with Gasteiger partial charge in [0, 0.05) is 29.9 Å². The summed E-state index contributed by atoms with van der Waals surface area (Å²) in [6.07, 6.45) is 5.72. The number of rotatable bonds is 5. The second-order valence-electron chi connectivity index (χ2n) is 9.39. The van der Waals surface area contributed by atoms with Gasteiger partial charge in [0.05, 0.1) is 18.7 Å². The Balaban J connectivity index is 1.44. The Bertz CT molecular complexity index is 1140. The van der Waals surface area contributed by atoms with Crippen molar-refractivity contribution in [3.05, 3.63) is 65.0 Å². The van der Waals surface area contributed by atoms with E-state index in [0.29, 0.717) is 12.0 Å². The zero-order valence-corrected chi connectivity index (χ0v) is 20.0. The second kappa shape index (κ2) is 9.75. The molecule has 2 aliphatic heterocycles. The van der Waals surface area contributed by atoms with Crippen LogP contribution in [0.4, 0.5) is 0 Å². The van der Waals surface area contributed by atoms with E-state index in [9.17, 15) is 14.4 Å². The molecule has 3 amide bonds. The Morgan fingerprint density at radius 3 is 2.74 bits per heavy atom. The molecule has 3 aliphatic rings. The molecule has 1 saturated heterocycles. The third-order valence-corrected chi connectivity index (χ3v) is 7.29. The minimum absolute atomic E-state index is 0.124. The number of ether oxygens (including phenoxy) is 1.